The van der Waals surface area contributed by atoms with Gasteiger partial charge in [0.15, 0.2) is 0 Å². The number of hydrogen-bond acceptors (Lipinski definition) is 3. The predicted molar refractivity (Wildman–Crippen MR) is 96.0 cm³/mol. The lowest BCUT2D eigenvalue weighted by Gasteiger charge is -2.30. The van der Waals surface area contributed by atoms with E-state index in [0.717, 1.165) is 11.1 Å². The Labute approximate surface area is 144 Å². The van der Waals surface area contributed by atoms with Crippen molar-refractivity contribution in [3.8, 4) is 0 Å². The van der Waals surface area contributed by atoms with Crippen LogP contribution in [0.5, 0.6) is 0 Å². The molecule has 0 heterocycles. The first-order chi connectivity index (χ1) is 11.4. The molecule has 0 saturated heterocycles. The van der Waals surface area contributed by atoms with Gasteiger partial charge in [-0.3, -0.25) is 0 Å². The van der Waals surface area contributed by atoms with Crippen molar-refractivity contribution < 1.29 is 13.5 Å². The third-order valence-corrected chi connectivity index (χ3v) is 5.95. The van der Waals surface area contributed by atoms with Gasteiger partial charge < -0.3 is 5.11 Å². The van der Waals surface area contributed by atoms with Crippen LogP contribution in [0, 0.1) is 6.92 Å². The normalized spacial score (nSPS) is 14.3. The molecule has 0 aliphatic heterocycles. The second kappa shape index (κ2) is 7.75. The average Bonchev–Trinajstić information content (AvgIpc) is 2.59. The molecule has 128 valence electrons. The van der Waals surface area contributed by atoms with Crippen LogP contribution in [-0.4, -0.2) is 30.0 Å². The summed E-state index contributed by atoms with van der Waals surface area (Å²) in [5.74, 6) is 0. The summed E-state index contributed by atoms with van der Waals surface area (Å²) in [5, 5.41) is 10.1. The molecule has 0 radical (unpaired) electrons. The van der Waals surface area contributed by atoms with E-state index < -0.39 is 22.2 Å². The van der Waals surface area contributed by atoms with E-state index in [9.17, 15) is 13.5 Å². The highest BCUT2D eigenvalue weighted by molar-refractivity contribution is 7.89. The highest BCUT2D eigenvalue weighted by Gasteiger charge is 2.32. The van der Waals surface area contributed by atoms with Crippen LogP contribution in [0.25, 0.3) is 0 Å². The van der Waals surface area contributed by atoms with Crippen LogP contribution < -0.4 is 0 Å². The van der Waals surface area contributed by atoms with Gasteiger partial charge in [0.05, 0.1) is 17.0 Å². The van der Waals surface area contributed by atoms with Crippen LogP contribution >= 0.6 is 0 Å². The summed E-state index contributed by atoms with van der Waals surface area (Å²) in [5.41, 5.74) is 1.85. The van der Waals surface area contributed by atoms with Crippen LogP contribution in [0.2, 0.25) is 0 Å². The van der Waals surface area contributed by atoms with Crippen LogP contribution in [-0.2, 0) is 16.6 Å². The van der Waals surface area contributed by atoms with E-state index in [-0.39, 0.29) is 11.4 Å². The van der Waals surface area contributed by atoms with Gasteiger partial charge in [-0.25, -0.2) is 8.42 Å². The van der Waals surface area contributed by atoms with Crippen molar-refractivity contribution in [2.75, 3.05) is 0 Å². The van der Waals surface area contributed by atoms with Gasteiger partial charge in [0.25, 0.3) is 0 Å². The van der Waals surface area contributed by atoms with Gasteiger partial charge in [0.2, 0.25) is 10.0 Å². The number of aliphatic hydroxyl groups excluding tert-OH is 1. The fraction of sp³-hybridized carbons (Fsp3) is 0.263. The Hall–Kier alpha value is -1.95. The first-order valence-corrected chi connectivity index (χ1v) is 9.23. The van der Waals surface area contributed by atoms with Crippen molar-refractivity contribution in [1.82, 2.24) is 4.31 Å². The summed E-state index contributed by atoms with van der Waals surface area (Å²) in [7, 11) is -3.74. The maximum Gasteiger partial charge on any atom is 0.243 e. The molecule has 24 heavy (non-hydrogen) atoms. The monoisotopic (exact) mass is 345 g/mol. The van der Waals surface area contributed by atoms with E-state index in [1.165, 1.54) is 10.4 Å². The van der Waals surface area contributed by atoms with Gasteiger partial charge >= 0.3 is 0 Å². The summed E-state index contributed by atoms with van der Waals surface area (Å²) >= 11 is 0. The molecule has 2 aromatic rings. The second-order valence-corrected chi connectivity index (χ2v) is 7.71. The lowest BCUT2D eigenvalue weighted by atomic mass is 10.1. The molecule has 0 fully saturated rings. The van der Waals surface area contributed by atoms with Crippen LogP contribution in [0.4, 0.5) is 0 Å². The van der Waals surface area contributed by atoms with Crippen LogP contribution in [0.3, 0.4) is 0 Å². The molecule has 0 bridgehead atoms. The molecule has 0 spiro atoms. The summed E-state index contributed by atoms with van der Waals surface area (Å²) < 4.78 is 27.5. The highest BCUT2D eigenvalue weighted by atomic mass is 32.2. The van der Waals surface area contributed by atoms with E-state index in [1.807, 2.05) is 37.3 Å². The van der Waals surface area contributed by atoms with Crippen LogP contribution in [0.1, 0.15) is 18.1 Å². The number of hydrogen-bond donors (Lipinski definition) is 1. The fourth-order valence-corrected chi connectivity index (χ4v) is 4.06. The quantitative estimate of drug-likeness (QED) is 0.785. The number of rotatable bonds is 7. The number of aliphatic hydroxyl groups is 1. The molecule has 1 N–H and O–H groups in total. The van der Waals surface area contributed by atoms with Crippen LogP contribution in [0.15, 0.2) is 72.1 Å². The zero-order valence-corrected chi connectivity index (χ0v) is 14.8. The topological polar surface area (TPSA) is 57.6 Å². The maximum absolute atomic E-state index is 13.1. The molecule has 2 atom stereocenters. The number of benzene rings is 2. The Morgan fingerprint density at radius 3 is 2.25 bits per heavy atom. The SMILES string of the molecule is C=C[C@@H](O)[C@H](C)N(Cc1ccccc1)S(=O)(=O)c1ccc(C)cc1. The molecule has 0 aliphatic carbocycles. The van der Waals surface area contributed by atoms with Crippen molar-refractivity contribution in [1.29, 1.82) is 0 Å². The van der Waals surface area contributed by atoms with Gasteiger partial charge in [-0.15, -0.1) is 6.58 Å². The van der Waals surface area contributed by atoms with Crippen molar-refractivity contribution in [3.05, 3.63) is 78.4 Å². The molecule has 4 nitrogen and oxygen atoms in total. The molecular formula is C19H23NO3S. The molecule has 0 aromatic heterocycles. The Morgan fingerprint density at radius 2 is 1.71 bits per heavy atom. The third kappa shape index (κ3) is 4.12. The minimum Gasteiger partial charge on any atom is -0.387 e. The summed E-state index contributed by atoms with van der Waals surface area (Å²) in [6, 6.07) is 15.4. The zero-order valence-electron chi connectivity index (χ0n) is 14.0. The van der Waals surface area contributed by atoms with E-state index in [0.29, 0.717) is 0 Å². The van der Waals surface area contributed by atoms with E-state index in [4.69, 9.17) is 0 Å². The van der Waals surface area contributed by atoms with E-state index in [1.54, 1.807) is 31.2 Å². The molecule has 0 unspecified atom stereocenters. The number of sulfonamides is 1. The largest absolute Gasteiger partial charge is 0.387 e. The Kier molecular flexibility index (Phi) is 5.94. The van der Waals surface area contributed by atoms with E-state index >= 15 is 0 Å². The van der Waals surface area contributed by atoms with Crippen molar-refractivity contribution >= 4 is 10.0 Å². The average molecular weight is 345 g/mol. The van der Waals surface area contributed by atoms with E-state index in [2.05, 4.69) is 6.58 Å². The molecule has 0 aliphatic rings. The lowest BCUT2D eigenvalue weighted by Crippen LogP contribution is -2.44. The Bertz CT molecular complexity index is 770. The molecule has 0 amide bonds. The van der Waals surface area contributed by atoms with Gasteiger partial charge in [-0.1, -0.05) is 54.1 Å². The molecule has 0 saturated carbocycles. The molecule has 5 heteroatoms. The number of aryl methyl sites for hydroxylation is 1. The summed E-state index contributed by atoms with van der Waals surface area (Å²) in [6.07, 6.45) is 0.404. The van der Waals surface area contributed by atoms with Gasteiger partial charge in [0.1, 0.15) is 0 Å². The first-order valence-electron chi connectivity index (χ1n) is 7.79. The maximum atomic E-state index is 13.1. The minimum absolute atomic E-state index is 0.184. The summed E-state index contributed by atoms with van der Waals surface area (Å²) in [4.78, 5) is 0.215. The standard InChI is InChI=1S/C19H23NO3S/c1-4-19(21)16(3)20(14-17-8-6-5-7-9-17)24(22,23)18-12-10-15(2)11-13-18/h4-13,16,19,21H,1,14H2,2-3H3/t16-,19+/m0/s1. The highest BCUT2D eigenvalue weighted by Crippen LogP contribution is 2.23. The smallest absolute Gasteiger partial charge is 0.243 e. The minimum atomic E-state index is -3.74. The molecular weight excluding hydrogens is 322 g/mol. The third-order valence-electron chi connectivity index (χ3n) is 4.00. The second-order valence-electron chi connectivity index (χ2n) is 5.82. The molecule has 2 rings (SSSR count). The first kappa shape index (κ1) is 18.4. The lowest BCUT2D eigenvalue weighted by molar-refractivity contribution is 0.134. The van der Waals surface area contributed by atoms with Crippen molar-refractivity contribution in [2.24, 2.45) is 0 Å². The Balaban J connectivity index is 2.44. The predicted octanol–water partition coefficient (Wildman–Crippen LogP) is 3.12. The number of nitrogens with zero attached hydrogens (tertiary/aromatic N) is 1. The van der Waals surface area contributed by atoms with Gasteiger partial charge in [-0.2, -0.15) is 4.31 Å². The van der Waals surface area contributed by atoms with Crippen molar-refractivity contribution in [3.63, 3.8) is 0 Å². The van der Waals surface area contributed by atoms with Gasteiger partial charge in [-0.05, 0) is 31.5 Å². The fourth-order valence-electron chi connectivity index (χ4n) is 2.42. The summed E-state index contributed by atoms with van der Waals surface area (Å²) in [6.45, 7) is 7.34. The zero-order chi connectivity index (χ0) is 17.7. The van der Waals surface area contributed by atoms with Crippen molar-refractivity contribution in [2.45, 2.75) is 37.4 Å². The molecule has 2 aromatic carbocycles. The Morgan fingerprint density at radius 1 is 1.12 bits per heavy atom. The van der Waals surface area contributed by atoms with Gasteiger partial charge in [0, 0.05) is 6.54 Å².